The van der Waals surface area contributed by atoms with Crippen molar-refractivity contribution in [1.29, 1.82) is 0 Å². The predicted molar refractivity (Wildman–Crippen MR) is 54.3 cm³/mol. The molecule has 0 spiro atoms. The van der Waals surface area contributed by atoms with Crippen LogP contribution in [0.3, 0.4) is 0 Å². The van der Waals surface area contributed by atoms with Crippen LogP contribution in [0.2, 0.25) is 0 Å². The minimum absolute atomic E-state index is 0.786. The van der Waals surface area contributed by atoms with Crippen LogP contribution < -0.4 is 6.05 Å². The van der Waals surface area contributed by atoms with Gasteiger partial charge in [0.2, 0.25) is 0 Å². The Balaban J connectivity index is 2.14. The Bertz CT molecular complexity index is 372. The quantitative estimate of drug-likeness (QED) is 0.712. The number of hydrogen-bond donors (Lipinski definition) is 0. The zero-order valence-corrected chi connectivity index (χ0v) is 11.6. The van der Waals surface area contributed by atoms with Gasteiger partial charge in [0, 0.05) is 0 Å². The fourth-order valence-corrected chi connectivity index (χ4v) is 8.00. The van der Waals surface area contributed by atoms with Gasteiger partial charge in [-0.15, -0.1) is 0 Å². The molecule has 0 amide bonds. The van der Waals surface area contributed by atoms with Crippen LogP contribution in [0.5, 0.6) is 0 Å². The van der Waals surface area contributed by atoms with Gasteiger partial charge in [-0.2, -0.15) is 0 Å². The molecule has 2 aromatic heterocycles. The summed E-state index contributed by atoms with van der Waals surface area (Å²) in [6.07, 6.45) is 0. The number of rotatable bonds is 2. The second-order valence-corrected chi connectivity index (χ2v) is 10.2. The maximum atomic E-state index is 4.10. The average molecular weight is 317 g/mol. The van der Waals surface area contributed by atoms with Crippen molar-refractivity contribution in [3.05, 3.63) is 10.0 Å². The van der Waals surface area contributed by atoms with Crippen molar-refractivity contribution in [3.8, 4) is 0 Å². The second-order valence-electron chi connectivity index (χ2n) is 2.38. The van der Waals surface area contributed by atoms with Crippen molar-refractivity contribution in [3.63, 3.8) is 0 Å². The molecule has 2 heterocycles. The van der Waals surface area contributed by atoms with Gasteiger partial charge in [0.25, 0.3) is 0 Å². The van der Waals surface area contributed by atoms with Gasteiger partial charge >= 0.3 is 94.1 Å². The molecule has 2 rings (SSSR count). The first kappa shape index (κ1) is 9.47. The normalized spacial score (nSPS) is 10.6. The molecule has 13 heavy (non-hydrogen) atoms. The van der Waals surface area contributed by atoms with Crippen LogP contribution in [-0.2, 0) is 0 Å². The molecule has 0 atom stereocenters. The molecule has 0 aliphatic rings. The Morgan fingerprint density at radius 3 is 1.62 bits per heavy atom. The molecular formula is C6H6N4S2Sn. The van der Waals surface area contributed by atoms with E-state index in [1.807, 2.05) is 13.8 Å². The molecule has 7 heteroatoms. The van der Waals surface area contributed by atoms with Crippen LogP contribution in [0.15, 0.2) is 0 Å². The van der Waals surface area contributed by atoms with E-state index in [0.29, 0.717) is 0 Å². The van der Waals surface area contributed by atoms with Crippen LogP contribution in [0.4, 0.5) is 0 Å². The third-order valence-corrected chi connectivity index (χ3v) is 7.48. The van der Waals surface area contributed by atoms with Gasteiger partial charge in [-0.3, -0.25) is 0 Å². The Morgan fingerprint density at radius 2 is 1.31 bits per heavy atom. The van der Waals surface area contributed by atoms with E-state index in [0.717, 1.165) is 10.0 Å². The van der Waals surface area contributed by atoms with Crippen molar-refractivity contribution in [2.45, 2.75) is 13.8 Å². The van der Waals surface area contributed by atoms with Gasteiger partial charge in [0.15, 0.2) is 0 Å². The van der Waals surface area contributed by atoms with Crippen molar-refractivity contribution < 1.29 is 0 Å². The van der Waals surface area contributed by atoms with Crippen LogP contribution in [-0.4, -0.2) is 41.5 Å². The molecular weight excluding hydrogens is 311 g/mol. The topological polar surface area (TPSA) is 51.6 Å². The zero-order valence-electron chi connectivity index (χ0n) is 7.11. The van der Waals surface area contributed by atoms with Gasteiger partial charge in [-0.25, -0.2) is 0 Å². The number of aryl methyl sites for hydroxylation is 2. The SMILES string of the molecule is Cc1nn[c]([Sn][c]2nnc(C)s2)s1. The van der Waals surface area contributed by atoms with E-state index in [2.05, 4.69) is 20.4 Å². The summed E-state index contributed by atoms with van der Waals surface area (Å²) < 4.78 is 2.36. The monoisotopic (exact) mass is 318 g/mol. The van der Waals surface area contributed by atoms with Gasteiger partial charge in [-0.1, -0.05) is 0 Å². The summed E-state index contributed by atoms with van der Waals surface area (Å²) >= 11 is 2.58. The summed E-state index contributed by atoms with van der Waals surface area (Å²) in [5.74, 6) is 0. The zero-order chi connectivity index (χ0) is 9.26. The van der Waals surface area contributed by atoms with E-state index in [1.54, 1.807) is 22.7 Å². The van der Waals surface area contributed by atoms with E-state index in [4.69, 9.17) is 0 Å². The molecule has 0 saturated carbocycles. The molecule has 2 radical (unpaired) electrons. The second kappa shape index (κ2) is 3.97. The van der Waals surface area contributed by atoms with Crippen molar-refractivity contribution >= 4 is 49.9 Å². The molecule has 0 fully saturated rings. The fraction of sp³-hybridized carbons (Fsp3) is 0.333. The molecule has 0 unspecified atom stereocenters. The first-order chi connectivity index (χ1) is 6.24. The van der Waals surface area contributed by atoms with Gasteiger partial charge < -0.3 is 0 Å². The van der Waals surface area contributed by atoms with Crippen LogP contribution in [0.25, 0.3) is 0 Å². The average Bonchev–Trinajstić information content (AvgIpc) is 2.62. The summed E-state index contributed by atoms with van der Waals surface area (Å²) in [5.41, 5.74) is 0. The summed E-state index contributed by atoms with van der Waals surface area (Å²) in [6, 6.07) is 0. The van der Waals surface area contributed by atoms with Crippen LogP contribution in [0, 0.1) is 13.8 Å². The molecule has 0 bridgehead atoms. The van der Waals surface area contributed by atoms with Crippen LogP contribution in [0.1, 0.15) is 10.0 Å². The Hall–Kier alpha value is -0.0813. The first-order valence-corrected chi connectivity index (χ1v) is 8.10. The number of aromatic nitrogens is 4. The molecule has 0 aliphatic carbocycles. The van der Waals surface area contributed by atoms with Crippen molar-refractivity contribution in [2.24, 2.45) is 0 Å². The van der Waals surface area contributed by atoms with E-state index < -0.39 is 21.1 Å². The van der Waals surface area contributed by atoms with Crippen molar-refractivity contribution in [2.75, 3.05) is 0 Å². The molecule has 0 N–H and O–H groups in total. The molecule has 0 aliphatic heterocycles. The maximum absolute atomic E-state index is 4.10. The Kier molecular flexibility index (Phi) is 2.89. The summed E-state index contributed by atoms with van der Waals surface area (Å²) in [5, 5.41) is 18.3. The summed E-state index contributed by atoms with van der Waals surface area (Å²) in [4.78, 5) is 0. The Morgan fingerprint density at radius 1 is 0.846 bits per heavy atom. The first-order valence-electron chi connectivity index (χ1n) is 3.61. The van der Waals surface area contributed by atoms with Gasteiger partial charge in [0.1, 0.15) is 0 Å². The van der Waals surface area contributed by atoms with E-state index in [-0.39, 0.29) is 0 Å². The van der Waals surface area contributed by atoms with Gasteiger partial charge in [-0.05, 0) is 0 Å². The Labute approximate surface area is 93.7 Å². The molecule has 66 valence electrons. The van der Waals surface area contributed by atoms with Crippen molar-refractivity contribution in [1.82, 2.24) is 20.4 Å². The van der Waals surface area contributed by atoms with E-state index >= 15 is 0 Å². The van der Waals surface area contributed by atoms with Crippen LogP contribution >= 0.6 is 22.7 Å². The molecule has 0 aromatic carbocycles. The van der Waals surface area contributed by atoms with E-state index in [9.17, 15) is 0 Å². The molecule has 0 saturated heterocycles. The van der Waals surface area contributed by atoms with E-state index in [1.165, 1.54) is 6.05 Å². The minimum atomic E-state index is -0.786. The summed E-state index contributed by atoms with van der Waals surface area (Å²) in [6.45, 7) is 3.96. The summed E-state index contributed by atoms with van der Waals surface area (Å²) in [7, 11) is 0. The molecule has 4 nitrogen and oxygen atoms in total. The fourth-order valence-electron chi connectivity index (χ4n) is 0.786. The predicted octanol–water partition coefficient (Wildman–Crippen LogP) is -0.339. The molecule has 2 aromatic rings. The third kappa shape index (κ3) is 2.44. The number of nitrogens with zero attached hydrogens (tertiary/aromatic N) is 4. The van der Waals surface area contributed by atoms with Gasteiger partial charge in [0.05, 0.1) is 0 Å². The number of hydrogen-bond acceptors (Lipinski definition) is 6. The third-order valence-electron chi connectivity index (χ3n) is 1.27. The standard InChI is InChI=1S/2C3H3N2S.Sn/c2*1-3-5-4-2-6-3;/h2*1H3;.